The summed E-state index contributed by atoms with van der Waals surface area (Å²) >= 11 is 12.4. The summed E-state index contributed by atoms with van der Waals surface area (Å²) in [6, 6.07) is 5.69. The van der Waals surface area contributed by atoms with Crippen LogP contribution in [-0.4, -0.2) is 37.5 Å². The Morgan fingerprint density at radius 3 is 3.00 bits per heavy atom. The topological polar surface area (TPSA) is 32.3 Å². The highest BCUT2D eigenvalue weighted by Gasteiger charge is 2.47. The van der Waals surface area contributed by atoms with Gasteiger partial charge in [0.15, 0.2) is 0 Å². The smallest absolute Gasteiger partial charge is 0.226 e. The third-order valence-corrected chi connectivity index (χ3v) is 5.65. The SMILES string of the molecule is CNC[C@@H]1CCCN(C(=O)[C@H]2C[C@@H]2c2cccc(Cl)c2Cl)C1. The van der Waals surface area contributed by atoms with Crippen LogP contribution in [0.1, 0.15) is 30.7 Å². The molecule has 1 aromatic rings. The van der Waals surface area contributed by atoms with Crippen LogP contribution in [-0.2, 0) is 4.79 Å². The molecule has 1 N–H and O–H groups in total. The highest BCUT2D eigenvalue weighted by molar-refractivity contribution is 6.42. The van der Waals surface area contributed by atoms with Crippen LogP contribution in [0.25, 0.3) is 0 Å². The number of nitrogens with zero attached hydrogens (tertiary/aromatic N) is 1. The van der Waals surface area contributed by atoms with E-state index in [1.54, 1.807) is 6.07 Å². The lowest BCUT2D eigenvalue weighted by Gasteiger charge is -2.33. The van der Waals surface area contributed by atoms with Gasteiger partial charge in [0.25, 0.3) is 0 Å². The van der Waals surface area contributed by atoms with Crippen molar-refractivity contribution in [1.29, 1.82) is 0 Å². The van der Waals surface area contributed by atoms with Crippen molar-refractivity contribution in [3.8, 4) is 0 Å². The molecule has 120 valence electrons. The fraction of sp³-hybridized carbons (Fsp3) is 0.588. The van der Waals surface area contributed by atoms with Crippen molar-refractivity contribution in [2.24, 2.45) is 11.8 Å². The first-order valence-electron chi connectivity index (χ1n) is 7.99. The summed E-state index contributed by atoms with van der Waals surface area (Å²) < 4.78 is 0. The molecule has 1 aromatic carbocycles. The van der Waals surface area contributed by atoms with Crippen molar-refractivity contribution in [3.05, 3.63) is 33.8 Å². The molecule has 0 radical (unpaired) electrons. The maximum absolute atomic E-state index is 12.7. The van der Waals surface area contributed by atoms with E-state index >= 15 is 0 Å². The molecule has 1 heterocycles. The zero-order chi connectivity index (χ0) is 15.7. The number of rotatable bonds is 4. The van der Waals surface area contributed by atoms with Gasteiger partial charge in [-0.25, -0.2) is 0 Å². The number of hydrogen-bond acceptors (Lipinski definition) is 2. The number of carbonyl (C=O) groups is 1. The van der Waals surface area contributed by atoms with Gasteiger partial charge in [-0.3, -0.25) is 4.79 Å². The minimum atomic E-state index is 0.0873. The molecule has 5 heteroatoms. The minimum Gasteiger partial charge on any atom is -0.342 e. The van der Waals surface area contributed by atoms with E-state index in [4.69, 9.17) is 23.2 Å². The molecule has 2 fully saturated rings. The largest absolute Gasteiger partial charge is 0.342 e. The first-order chi connectivity index (χ1) is 10.6. The van der Waals surface area contributed by atoms with Crippen molar-refractivity contribution in [3.63, 3.8) is 0 Å². The summed E-state index contributed by atoms with van der Waals surface area (Å²) in [5.41, 5.74) is 1.02. The first-order valence-corrected chi connectivity index (χ1v) is 8.74. The Bertz CT molecular complexity index is 562. The van der Waals surface area contributed by atoms with E-state index in [1.807, 2.05) is 19.2 Å². The highest BCUT2D eigenvalue weighted by atomic mass is 35.5. The van der Waals surface area contributed by atoms with Crippen LogP contribution in [0.4, 0.5) is 0 Å². The molecule has 0 aromatic heterocycles. The van der Waals surface area contributed by atoms with Gasteiger partial charge >= 0.3 is 0 Å². The number of piperidine rings is 1. The Kier molecular flexibility index (Phi) is 4.96. The number of nitrogens with one attached hydrogen (secondary N) is 1. The van der Waals surface area contributed by atoms with E-state index < -0.39 is 0 Å². The zero-order valence-corrected chi connectivity index (χ0v) is 14.3. The lowest BCUT2D eigenvalue weighted by atomic mass is 9.97. The maximum Gasteiger partial charge on any atom is 0.226 e. The van der Waals surface area contributed by atoms with Crippen molar-refractivity contribution < 1.29 is 4.79 Å². The second-order valence-electron chi connectivity index (χ2n) is 6.44. The molecular formula is C17H22Cl2N2O. The number of halogens is 2. The van der Waals surface area contributed by atoms with Crippen LogP contribution in [0, 0.1) is 11.8 Å². The Hall–Kier alpha value is -0.770. The lowest BCUT2D eigenvalue weighted by molar-refractivity contribution is -0.134. The summed E-state index contributed by atoms with van der Waals surface area (Å²) in [6.45, 7) is 2.76. The molecule has 3 rings (SSSR count). The normalized spacial score (nSPS) is 27.8. The first kappa shape index (κ1) is 16.1. The zero-order valence-electron chi connectivity index (χ0n) is 12.8. The minimum absolute atomic E-state index is 0.0873. The third kappa shape index (κ3) is 3.27. The van der Waals surface area contributed by atoms with Crippen molar-refractivity contribution in [1.82, 2.24) is 10.2 Å². The predicted molar refractivity (Wildman–Crippen MR) is 90.5 cm³/mol. The second kappa shape index (κ2) is 6.77. The van der Waals surface area contributed by atoms with Gasteiger partial charge in [-0.15, -0.1) is 0 Å². The van der Waals surface area contributed by atoms with Crippen LogP contribution >= 0.6 is 23.2 Å². The van der Waals surface area contributed by atoms with Gasteiger partial charge in [0.05, 0.1) is 10.0 Å². The molecule has 1 saturated heterocycles. The molecule has 0 bridgehead atoms. The van der Waals surface area contributed by atoms with E-state index in [1.165, 1.54) is 6.42 Å². The maximum atomic E-state index is 12.7. The quantitative estimate of drug-likeness (QED) is 0.908. The van der Waals surface area contributed by atoms with E-state index in [0.29, 0.717) is 21.9 Å². The van der Waals surface area contributed by atoms with E-state index in [9.17, 15) is 4.79 Å². The number of likely N-dealkylation sites (tertiary alicyclic amines) is 1. The Morgan fingerprint density at radius 1 is 1.41 bits per heavy atom. The van der Waals surface area contributed by atoms with Crippen molar-refractivity contribution in [2.75, 3.05) is 26.7 Å². The van der Waals surface area contributed by atoms with Gasteiger partial charge < -0.3 is 10.2 Å². The number of benzene rings is 1. The molecule has 22 heavy (non-hydrogen) atoms. The van der Waals surface area contributed by atoms with Crippen LogP contribution in [0.3, 0.4) is 0 Å². The third-order valence-electron chi connectivity index (χ3n) is 4.81. The van der Waals surface area contributed by atoms with Gasteiger partial charge in [-0.2, -0.15) is 0 Å². The lowest BCUT2D eigenvalue weighted by Crippen LogP contribution is -2.43. The fourth-order valence-electron chi connectivity index (χ4n) is 3.57. The molecule has 0 spiro atoms. The molecule has 2 aliphatic rings. The van der Waals surface area contributed by atoms with E-state index in [-0.39, 0.29) is 11.8 Å². The average Bonchev–Trinajstić information content (AvgIpc) is 3.30. The molecule has 0 unspecified atom stereocenters. The van der Waals surface area contributed by atoms with E-state index in [2.05, 4.69) is 10.2 Å². The molecule has 1 aliphatic heterocycles. The van der Waals surface area contributed by atoms with Crippen molar-refractivity contribution >= 4 is 29.1 Å². The summed E-state index contributed by atoms with van der Waals surface area (Å²) in [6.07, 6.45) is 3.21. The Balaban J connectivity index is 1.64. The predicted octanol–water partition coefficient (Wildman–Crippen LogP) is 3.55. The molecule has 1 amide bonds. The Labute approximate surface area is 142 Å². The van der Waals surface area contributed by atoms with Crippen LogP contribution < -0.4 is 5.32 Å². The summed E-state index contributed by atoms with van der Waals surface area (Å²) in [7, 11) is 1.97. The van der Waals surface area contributed by atoms with Gasteiger partial charge in [-0.1, -0.05) is 35.3 Å². The highest BCUT2D eigenvalue weighted by Crippen LogP contribution is 2.51. The second-order valence-corrected chi connectivity index (χ2v) is 7.23. The van der Waals surface area contributed by atoms with Crippen molar-refractivity contribution in [2.45, 2.75) is 25.2 Å². The average molecular weight is 341 g/mol. The summed E-state index contributed by atoms with van der Waals surface area (Å²) in [5, 5.41) is 4.40. The molecule has 3 atom stereocenters. The molecule has 3 nitrogen and oxygen atoms in total. The number of amides is 1. The van der Waals surface area contributed by atoms with Crippen LogP contribution in [0.2, 0.25) is 10.0 Å². The number of hydrogen-bond donors (Lipinski definition) is 1. The van der Waals surface area contributed by atoms with Gasteiger partial charge in [0.2, 0.25) is 5.91 Å². The standard InChI is InChI=1S/C17H22Cl2N2O/c1-20-9-11-4-3-7-21(10-11)17(22)14-8-13(14)12-5-2-6-15(18)16(12)19/h2,5-6,11,13-14,20H,3-4,7-10H2,1H3/t11-,13+,14-/m0/s1. The summed E-state index contributed by atoms with van der Waals surface area (Å²) in [5.74, 6) is 1.20. The fourth-order valence-corrected chi connectivity index (χ4v) is 4.02. The molecular weight excluding hydrogens is 319 g/mol. The number of carbonyl (C=O) groups excluding carboxylic acids is 1. The van der Waals surface area contributed by atoms with Gasteiger partial charge in [0.1, 0.15) is 0 Å². The Morgan fingerprint density at radius 2 is 2.23 bits per heavy atom. The van der Waals surface area contributed by atoms with Crippen LogP contribution in [0.5, 0.6) is 0 Å². The van der Waals surface area contributed by atoms with E-state index in [0.717, 1.165) is 38.0 Å². The van der Waals surface area contributed by atoms with Gasteiger partial charge in [0, 0.05) is 19.0 Å². The van der Waals surface area contributed by atoms with Crippen LogP contribution in [0.15, 0.2) is 18.2 Å². The van der Waals surface area contributed by atoms with Gasteiger partial charge in [-0.05, 0) is 56.3 Å². The monoisotopic (exact) mass is 340 g/mol. The summed E-state index contributed by atoms with van der Waals surface area (Å²) in [4.78, 5) is 14.8. The molecule has 1 aliphatic carbocycles. The molecule has 1 saturated carbocycles.